The molecule has 1 unspecified atom stereocenters. The van der Waals surface area contributed by atoms with Gasteiger partial charge in [-0.2, -0.15) is 5.10 Å². The van der Waals surface area contributed by atoms with Crippen molar-refractivity contribution in [1.82, 2.24) is 29.3 Å². The van der Waals surface area contributed by atoms with E-state index in [-0.39, 0.29) is 6.04 Å². The molecule has 0 bridgehead atoms. The SMILES string of the molecule is Nc1ncccc1-c1nc2ccc(-n3cccn3)nc2n1-c1ccc2c(c1)C(O)C[C@@H]2N. The lowest BCUT2D eigenvalue weighted by atomic mass is 10.1. The third-order valence-electron chi connectivity index (χ3n) is 5.87. The number of hydrogen-bond donors (Lipinski definition) is 3. The van der Waals surface area contributed by atoms with E-state index < -0.39 is 6.10 Å². The minimum absolute atomic E-state index is 0.174. The van der Waals surface area contributed by atoms with Gasteiger partial charge in [-0.3, -0.25) is 4.57 Å². The van der Waals surface area contributed by atoms with Crippen LogP contribution in [0.2, 0.25) is 0 Å². The zero-order chi connectivity index (χ0) is 21.8. The largest absolute Gasteiger partial charge is 0.388 e. The molecule has 32 heavy (non-hydrogen) atoms. The quantitative estimate of drug-likeness (QED) is 0.405. The van der Waals surface area contributed by atoms with E-state index in [0.717, 1.165) is 16.8 Å². The third-order valence-corrected chi connectivity index (χ3v) is 5.87. The number of anilines is 1. The van der Waals surface area contributed by atoms with Crippen LogP contribution in [0.3, 0.4) is 0 Å². The standard InChI is InChI=1S/C23H20N8O/c24-17-12-19(32)16-11-13(4-5-14(16)17)31-22(15-3-1-8-26-21(15)25)28-18-6-7-20(29-23(18)31)30-10-2-9-27-30/h1-11,17,19,32H,12,24H2,(H2,25,26)/t17-,19?/m0/s1. The van der Waals surface area contributed by atoms with Crippen molar-refractivity contribution in [3.8, 4) is 22.9 Å². The van der Waals surface area contributed by atoms with Gasteiger partial charge >= 0.3 is 0 Å². The molecule has 9 nitrogen and oxygen atoms in total. The van der Waals surface area contributed by atoms with Gasteiger partial charge in [0.25, 0.3) is 0 Å². The Morgan fingerprint density at radius 3 is 2.72 bits per heavy atom. The van der Waals surface area contributed by atoms with E-state index in [2.05, 4.69) is 10.1 Å². The molecule has 0 saturated carbocycles. The first-order valence-corrected chi connectivity index (χ1v) is 10.3. The summed E-state index contributed by atoms with van der Waals surface area (Å²) in [5, 5.41) is 14.8. The summed E-state index contributed by atoms with van der Waals surface area (Å²) >= 11 is 0. The lowest BCUT2D eigenvalue weighted by Crippen LogP contribution is -2.06. The van der Waals surface area contributed by atoms with Crippen molar-refractivity contribution in [3.63, 3.8) is 0 Å². The van der Waals surface area contributed by atoms with E-state index in [1.165, 1.54) is 0 Å². The highest BCUT2D eigenvalue weighted by Crippen LogP contribution is 2.39. The fourth-order valence-corrected chi connectivity index (χ4v) is 4.33. The van der Waals surface area contributed by atoms with Gasteiger partial charge in [-0.25, -0.2) is 19.6 Å². The summed E-state index contributed by atoms with van der Waals surface area (Å²) in [6.07, 6.45) is 5.09. The Labute approximate surface area is 183 Å². The van der Waals surface area contributed by atoms with Crippen LogP contribution in [0.1, 0.15) is 29.7 Å². The second-order valence-electron chi connectivity index (χ2n) is 7.84. The Bertz CT molecular complexity index is 1460. The molecular formula is C23H20N8O. The molecule has 0 radical (unpaired) electrons. The van der Waals surface area contributed by atoms with Crippen molar-refractivity contribution in [1.29, 1.82) is 0 Å². The molecule has 1 aromatic carbocycles. The van der Waals surface area contributed by atoms with Gasteiger partial charge in [0, 0.05) is 30.3 Å². The summed E-state index contributed by atoms with van der Waals surface area (Å²) in [6.45, 7) is 0. The predicted octanol–water partition coefficient (Wildman–Crippen LogP) is 2.69. The molecule has 9 heteroatoms. The number of rotatable bonds is 3. The normalized spacial score (nSPS) is 17.7. The van der Waals surface area contributed by atoms with Gasteiger partial charge in [0.15, 0.2) is 17.3 Å². The molecule has 0 amide bonds. The maximum Gasteiger partial charge on any atom is 0.167 e. The number of aliphatic hydroxyl groups is 1. The van der Waals surface area contributed by atoms with Crippen LogP contribution in [-0.2, 0) is 0 Å². The Morgan fingerprint density at radius 1 is 1.00 bits per heavy atom. The van der Waals surface area contributed by atoms with Gasteiger partial charge in [-0.05, 0) is 60.0 Å². The first-order chi connectivity index (χ1) is 15.6. The fraction of sp³-hybridized carbons (Fsp3) is 0.130. The van der Waals surface area contributed by atoms with Crippen molar-refractivity contribution in [3.05, 3.63) is 78.2 Å². The maximum atomic E-state index is 10.5. The van der Waals surface area contributed by atoms with E-state index in [0.29, 0.717) is 40.6 Å². The van der Waals surface area contributed by atoms with Crippen molar-refractivity contribution in [2.75, 3.05) is 5.73 Å². The van der Waals surface area contributed by atoms with Gasteiger partial charge in [-0.1, -0.05) is 6.07 Å². The fourth-order valence-electron chi connectivity index (χ4n) is 4.33. The molecule has 4 aromatic heterocycles. The minimum atomic E-state index is -0.603. The van der Waals surface area contributed by atoms with Crippen LogP contribution in [0, 0.1) is 0 Å². The summed E-state index contributed by atoms with van der Waals surface area (Å²) in [7, 11) is 0. The summed E-state index contributed by atoms with van der Waals surface area (Å²) in [4.78, 5) is 13.9. The number of aromatic nitrogens is 6. The Hall–Kier alpha value is -4.08. The van der Waals surface area contributed by atoms with Gasteiger partial charge in [-0.15, -0.1) is 0 Å². The molecular weight excluding hydrogens is 404 g/mol. The highest BCUT2D eigenvalue weighted by molar-refractivity contribution is 5.83. The molecule has 4 heterocycles. The lowest BCUT2D eigenvalue weighted by Gasteiger charge is -2.13. The maximum absolute atomic E-state index is 10.5. The monoisotopic (exact) mass is 424 g/mol. The Balaban J connectivity index is 1.64. The van der Waals surface area contributed by atoms with Crippen LogP contribution >= 0.6 is 0 Å². The number of fused-ring (bicyclic) bond motifs is 2. The van der Waals surface area contributed by atoms with E-state index in [1.807, 2.05) is 59.3 Å². The number of nitrogens with two attached hydrogens (primary N) is 2. The Kier molecular flexibility index (Phi) is 4.07. The zero-order valence-corrected chi connectivity index (χ0v) is 17.0. The molecule has 158 valence electrons. The number of aliphatic hydroxyl groups excluding tert-OH is 1. The number of hydrogen-bond acceptors (Lipinski definition) is 7. The summed E-state index contributed by atoms with van der Waals surface area (Å²) in [6, 6.07) is 15.0. The third kappa shape index (κ3) is 2.79. The number of pyridine rings is 2. The van der Waals surface area contributed by atoms with E-state index >= 15 is 0 Å². The first kappa shape index (κ1) is 18.7. The second-order valence-corrected chi connectivity index (χ2v) is 7.84. The summed E-state index contributed by atoms with van der Waals surface area (Å²) in [5.74, 6) is 1.66. The van der Waals surface area contributed by atoms with Crippen molar-refractivity contribution < 1.29 is 5.11 Å². The molecule has 0 saturated heterocycles. The number of nitrogens with zero attached hydrogens (tertiary/aromatic N) is 6. The van der Waals surface area contributed by atoms with Gasteiger partial charge in [0.2, 0.25) is 0 Å². The molecule has 0 fully saturated rings. The van der Waals surface area contributed by atoms with Crippen LogP contribution in [0.4, 0.5) is 5.82 Å². The minimum Gasteiger partial charge on any atom is -0.388 e. The van der Waals surface area contributed by atoms with E-state index in [9.17, 15) is 5.11 Å². The highest BCUT2D eigenvalue weighted by Gasteiger charge is 2.28. The molecule has 1 aliphatic carbocycles. The summed E-state index contributed by atoms with van der Waals surface area (Å²) in [5.41, 5.74) is 17.0. The van der Waals surface area contributed by atoms with Gasteiger partial charge in [0.05, 0.1) is 11.7 Å². The van der Waals surface area contributed by atoms with Gasteiger partial charge in [0.1, 0.15) is 11.3 Å². The van der Waals surface area contributed by atoms with Crippen molar-refractivity contribution >= 4 is 17.0 Å². The average molecular weight is 424 g/mol. The predicted molar refractivity (Wildman–Crippen MR) is 120 cm³/mol. The smallest absolute Gasteiger partial charge is 0.167 e. The number of benzene rings is 1. The highest BCUT2D eigenvalue weighted by atomic mass is 16.3. The van der Waals surface area contributed by atoms with Crippen LogP contribution in [0.15, 0.2) is 67.1 Å². The van der Waals surface area contributed by atoms with Crippen LogP contribution in [-0.4, -0.2) is 34.4 Å². The second kappa shape index (κ2) is 6.98. The van der Waals surface area contributed by atoms with Crippen LogP contribution in [0.25, 0.3) is 34.1 Å². The summed E-state index contributed by atoms with van der Waals surface area (Å²) < 4.78 is 3.63. The number of nitrogen functional groups attached to an aromatic ring is 1. The van der Waals surface area contributed by atoms with Crippen LogP contribution < -0.4 is 11.5 Å². The zero-order valence-electron chi connectivity index (χ0n) is 17.0. The lowest BCUT2D eigenvalue weighted by molar-refractivity contribution is 0.173. The molecule has 0 spiro atoms. The molecule has 2 atom stereocenters. The number of imidazole rings is 1. The van der Waals surface area contributed by atoms with E-state index in [4.69, 9.17) is 21.4 Å². The molecule has 1 aliphatic rings. The van der Waals surface area contributed by atoms with Crippen molar-refractivity contribution in [2.45, 2.75) is 18.6 Å². The molecule has 0 aliphatic heterocycles. The van der Waals surface area contributed by atoms with Crippen LogP contribution in [0.5, 0.6) is 0 Å². The molecule has 5 aromatic rings. The van der Waals surface area contributed by atoms with Crippen molar-refractivity contribution in [2.24, 2.45) is 5.73 Å². The topological polar surface area (TPSA) is 134 Å². The van der Waals surface area contributed by atoms with Gasteiger partial charge < -0.3 is 16.6 Å². The molecule has 6 rings (SSSR count). The Morgan fingerprint density at radius 2 is 1.91 bits per heavy atom. The average Bonchev–Trinajstić information content (AvgIpc) is 3.52. The first-order valence-electron chi connectivity index (χ1n) is 10.3. The molecule has 5 N–H and O–H groups in total. The van der Waals surface area contributed by atoms with E-state index in [1.54, 1.807) is 17.1 Å².